The van der Waals surface area contributed by atoms with Gasteiger partial charge in [-0.15, -0.1) is 0 Å². The number of urea groups is 1. The van der Waals surface area contributed by atoms with Crippen molar-refractivity contribution in [3.05, 3.63) is 70.3 Å². The number of hydrogen-bond donors (Lipinski definition) is 2. The van der Waals surface area contributed by atoms with Gasteiger partial charge in [-0.3, -0.25) is 15.0 Å². The second-order valence-electron chi connectivity index (χ2n) is 6.40. The maximum Gasteiger partial charge on any atom is 0.319 e. The molecule has 7 nitrogen and oxygen atoms in total. The maximum absolute atomic E-state index is 12.1. The van der Waals surface area contributed by atoms with E-state index in [-0.39, 0.29) is 22.7 Å². The molecule has 0 aliphatic carbocycles. The minimum atomic E-state index is -0.336. The first-order valence-corrected chi connectivity index (χ1v) is 8.69. The van der Waals surface area contributed by atoms with Gasteiger partial charge in [0.1, 0.15) is 0 Å². The van der Waals surface area contributed by atoms with Crippen molar-refractivity contribution in [3.8, 4) is 0 Å². The highest BCUT2D eigenvalue weighted by atomic mass is 16.6. The van der Waals surface area contributed by atoms with Crippen LogP contribution in [0.2, 0.25) is 0 Å². The average molecular weight is 354 g/mol. The summed E-state index contributed by atoms with van der Waals surface area (Å²) in [5.41, 5.74) is 1.65. The highest BCUT2D eigenvalue weighted by molar-refractivity contribution is 5.89. The number of rotatable bonds is 5. The molecule has 0 atom stereocenters. The fourth-order valence-corrected chi connectivity index (χ4v) is 3.17. The molecule has 1 heterocycles. The van der Waals surface area contributed by atoms with Crippen molar-refractivity contribution in [3.63, 3.8) is 0 Å². The molecule has 136 valence electrons. The van der Waals surface area contributed by atoms with E-state index in [1.54, 1.807) is 12.1 Å². The number of carbonyl (C=O) groups excluding carboxylic acids is 1. The zero-order chi connectivity index (χ0) is 18.4. The third kappa shape index (κ3) is 4.80. The zero-order valence-corrected chi connectivity index (χ0v) is 14.4. The van der Waals surface area contributed by atoms with E-state index in [9.17, 15) is 14.9 Å². The Bertz CT molecular complexity index is 758. The van der Waals surface area contributed by atoms with Gasteiger partial charge in [0.2, 0.25) is 0 Å². The molecule has 26 heavy (non-hydrogen) atoms. The molecule has 1 saturated heterocycles. The second-order valence-corrected chi connectivity index (χ2v) is 6.40. The van der Waals surface area contributed by atoms with E-state index >= 15 is 0 Å². The van der Waals surface area contributed by atoms with Gasteiger partial charge in [0.25, 0.3) is 5.69 Å². The summed E-state index contributed by atoms with van der Waals surface area (Å²) in [7, 11) is 0. The SMILES string of the molecule is O=C(Nc1ccccc1)NC1CCN(Cc2ccccc2[N+](=O)[O-])CC1. The van der Waals surface area contributed by atoms with Crippen LogP contribution in [0.5, 0.6) is 0 Å². The van der Waals surface area contributed by atoms with Crippen LogP contribution in [-0.4, -0.2) is 35.0 Å². The van der Waals surface area contributed by atoms with Crippen LogP contribution in [0.1, 0.15) is 18.4 Å². The lowest BCUT2D eigenvalue weighted by atomic mass is 10.0. The molecule has 0 bridgehead atoms. The van der Waals surface area contributed by atoms with Crippen LogP contribution in [0, 0.1) is 10.1 Å². The highest BCUT2D eigenvalue weighted by Crippen LogP contribution is 2.21. The lowest BCUT2D eigenvalue weighted by Crippen LogP contribution is -2.45. The van der Waals surface area contributed by atoms with Crippen LogP contribution >= 0.6 is 0 Å². The summed E-state index contributed by atoms with van der Waals surface area (Å²) in [6.07, 6.45) is 1.64. The Labute approximate surface area is 152 Å². The van der Waals surface area contributed by atoms with Crippen molar-refractivity contribution in [2.45, 2.75) is 25.4 Å². The summed E-state index contributed by atoms with van der Waals surface area (Å²) in [4.78, 5) is 25.0. The Morgan fingerprint density at radius 3 is 2.42 bits per heavy atom. The zero-order valence-electron chi connectivity index (χ0n) is 14.4. The molecular formula is C19H22N4O3. The molecule has 7 heteroatoms. The van der Waals surface area contributed by atoms with E-state index in [2.05, 4.69) is 15.5 Å². The lowest BCUT2D eigenvalue weighted by Gasteiger charge is -2.32. The number of nitrogens with zero attached hydrogens (tertiary/aromatic N) is 2. The van der Waals surface area contributed by atoms with Crippen molar-refractivity contribution in [1.82, 2.24) is 10.2 Å². The van der Waals surface area contributed by atoms with Crippen LogP contribution in [0.3, 0.4) is 0 Å². The normalized spacial score (nSPS) is 15.4. The number of likely N-dealkylation sites (tertiary alicyclic amines) is 1. The number of nitro benzene ring substituents is 1. The van der Waals surface area contributed by atoms with E-state index in [1.807, 2.05) is 36.4 Å². The monoisotopic (exact) mass is 354 g/mol. The summed E-state index contributed by atoms with van der Waals surface area (Å²) < 4.78 is 0. The lowest BCUT2D eigenvalue weighted by molar-refractivity contribution is -0.385. The van der Waals surface area contributed by atoms with E-state index in [0.717, 1.165) is 37.2 Å². The van der Waals surface area contributed by atoms with Gasteiger partial charge in [0, 0.05) is 43.0 Å². The molecule has 2 amide bonds. The molecule has 0 unspecified atom stereocenters. The van der Waals surface area contributed by atoms with E-state index in [1.165, 1.54) is 6.07 Å². The summed E-state index contributed by atoms with van der Waals surface area (Å²) in [6.45, 7) is 2.14. The fourth-order valence-electron chi connectivity index (χ4n) is 3.17. The van der Waals surface area contributed by atoms with E-state index in [4.69, 9.17) is 0 Å². The van der Waals surface area contributed by atoms with Crippen molar-refractivity contribution >= 4 is 17.4 Å². The molecule has 0 radical (unpaired) electrons. The summed E-state index contributed by atoms with van der Waals surface area (Å²) >= 11 is 0. The Kier molecular flexibility index (Phi) is 5.80. The predicted octanol–water partition coefficient (Wildman–Crippen LogP) is 3.38. The van der Waals surface area contributed by atoms with Gasteiger partial charge in [-0.2, -0.15) is 0 Å². The molecule has 2 aromatic carbocycles. The molecule has 1 aliphatic heterocycles. The quantitative estimate of drug-likeness (QED) is 0.636. The third-order valence-corrected chi connectivity index (χ3v) is 4.54. The van der Waals surface area contributed by atoms with Crippen LogP contribution in [0.4, 0.5) is 16.2 Å². The summed E-state index contributed by atoms with van der Waals surface area (Å²) in [5.74, 6) is 0. The topological polar surface area (TPSA) is 87.5 Å². The number of para-hydroxylation sites is 2. The first kappa shape index (κ1) is 17.9. The van der Waals surface area contributed by atoms with Crippen LogP contribution < -0.4 is 10.6 Å². The fraction of sp³-hybridized carbons (Fsp3) is 0.316. The first-order chi connectivity index (χ1) is 12.6. The van der Waals surface area contributed by atoms with Gasteiger partial charge < -0.3 is 10.6 Å². The molecular weight excluding hydrogens is 332 g/mol. The number of anilines is 1. The Morgan fingerprint density at radius 2 is 1.73 bits per heavy atom. The van der Waals surface area contributed by atoms with Crippen LogP contribution in [0.25, 0.3) is 0 Å². The summed E-state index contributed by atoms with van der Waals surface area (Å²) in [5, 5.41) is 16.9. The first-order valence-electron chi connectivity index (χ1n) is 8.69. The Hall–Kier alpha value is -2.93. The van der Waals surface area contributed by atoms with Gasteiger partial charge in [-0.25, -0.2) is 4.79 Å². The standard InChI is InChI=1S/C19H22N4O3/c24-19(20-16-7-2-1-3-8-16)21-17-10-12-22(13-11-17)14-15-6-4-5-9-18(15)23(25)26/h1-9,17H,10-14H2,(H2,20,21,24). The van der Waals surface area contributed by atoms with Crippen molar-refractivity contribution in [2.24, 2.45) is 0 Å². The molecule has 2 N–H and O–H groups in total. The number of hydrogen-bond acceptors (Lipinski definition) is 4. The van der Waals surface area contributed by atoms with Crippen LogP contribution in [0.15, 0.2) is 54.6 Å². The minimum Gasteiger partial charge on any atom is -0.335 e. The van der Waals surface area contributed by atoms with Crippen molar-refractivity contribution in [1.29, 1.82) is 0 Å². The molecule has 3 rings (SSSR count). The predicted molar refractivity (Wildman–Crippen MR) is 100.0 cm³/mol. The molecule has 2 aromatic rings. The van der Waals surface area contributed by atoms with E-state index in [0.29, 0.717) is 6.54 Å². The van der Waals surface area contributed by atoms with Crippen LogP contribution in [-0.2, 0) is 6.54 Å². The van der Waals surface area contributed by atoms with Gasteiger partial charge in [0.15, 0.2) is 0 Å². The number of piperidine rings is 1. The number of nitro groups is 1. The highest BCUT2D eigenvalue weighted by Gasteiger charge is 2.22. The molecule has 1 fully saturated rings. The van der Waals surface area contributed by atoms with Gasteiger partial charge in [-0.05, 0) is 25.0 Å². The van der Waals surface area contributed by atoms with Gasteiger partial charge in [0.05, 0.1) is 4.92 Å². The summed E-state index contributed by atoms with van der Waals surface area (Å²) in [6, 6.07) is 16.1. The largest absolute Gasteiger partial charge is 0.335 e. The minimum absolute atomic E-state index is 0.112. The third-order valence-electron chi connectivity index (χ3n) is 4.54. The second kappa shape index (κ2) is 8.44. The molecule has 0 spiro atoms. The Balaban J connectivity index is 1.47. The van der Waals surface area contributed by atoms with Crippen molar-refractivity contribution in [2.75, 3.05) is 18.4 Å². The van der Waals surface area contributed by atoms with Gasteiger partial charge >= 0.3 is 6.03 Å². The number of amides is 2. The molecule has 1 aliphatic rings. The molecule has 0 aromatic heterocycles. The van der Waals surface area contributed by atoms with E-state index < -0.39 is 0 Å². The molecule has 0 saturated carbocycles. The average Bonchev–Trinajstić information content (AvgIpc) is 2.64. The van der Waals surface area contributed by atoms with Gasteiger partial charge in [-0.1, -0.05) is 36.4 Å². The Morgan fingerprint density at radius 1 is 1.08 bits per heavy atom. The smallest absolute Gasteiger partial charge is 0.319 e. The maximum atomic E-state index is 12.1. The number of nitrogens with one attached hydrogen (secondary N) is 2. The van der Waals surface area contributed by atoms with Crippen molar-refractivity contribution < 1.29 is 9.72 Å². The number of carbonyl (C=O) groups is 1. The number of benzene rings is 2.